The quantitative estimate of drug-likeness (QED) is 0.0320. The Bertz CT molecular complexity index is 1340. The largest absolute Gasteiger partial charge is 0.466 e. The molecule has 0 rings (SSSR count). The van der Waals surface area contributed by atoms with Gasteiger partial charge in [0.15, 0.2) is 0 Å². The number of aliphatic hydroxyl groups is 2. The number of rotatable bonds is 71. The van der Waals surface area contributed by atoms with E-state index in [9.17, 15) is 19.8 Å². The van der Waals surface area contributed by atoms with E-state index in [2.05, 4.69) is 43.5 Å². The molecule has 0 aliphatic carbocycles. The molecule has 490 valence electrons. The molecule has 0 aromatic rings. The molecule has 6 heteroatoms. The minimum atomic E-state index is -0.842. The molecular weight excluding hydrogens is 1020 g/mol. The van der Waals surface area contributed by atoms with Crippen LogP contribution in [-0.4, -0.2) is 47.4 Å². The molecule has 0 bridgehead atoms. The number of ether oxygens (including phenoxy) is 1. The lowest BCUT2D eigenvalue weighted by Gasteiger charge is -2.20. The van der Waals surface area contributed by atoms with Crippen LogP contribution in [0.1, 0.15) is 418 Å². The van der Waals surface area contributed by atoms with Gasteiger partial charge in [-0.2, -0.15) is 0 Å². The maximum atomic E-state index is 12.5. The van der Waals surface area contributed by atoms with Gasteiger partial charge in [-0.15, -0.1) is 0 Å². The fourth-order valence-electron chi connectivity index (χ4n) is 11.9. The number of carbonyl (C=O) groups excluding carboxylic acids is 2. The van der Waals surface area contributed by atoms with Gasteiger partial charge in [0.1, 0.15) is 0 Å². The summed E-state index contributed by atoms with van der Waals surface area (Å²) in [6.45, 7) is 4.94. The highest BCUT2D eigenvalue weighted by molar-refractivity contribution is 5.76. The second kappa shape index (κ2) is 72.6. The van der Waals surface area contributed by atoms with Crippen LogP contribution in [0.25, 0.3) is 0 Å². The van der Waals surface area contributed by atoms with Crippen LogP contribution in [0, 0.1) is 0 Å². The molecular formula is C77H147NO5. The molecule has 3 N–H and O–H groups in total. The van der Waals surface area contributed by atoms with Crippen LogP contribution in [0.15, 0.2) is 36.5 Å². The smallest absolute Gasteiger partial charge is 0.305 e. The van der Waals surface area contributed by atoms with Gasteiger partial charge in [-0.3, -0.25) is 9.59 Å². The van der Waals surface area contributed by atoms with Crippen molar-refractivity contribution in [2.24, 2.45) is 0 Å². The van der Waals surface area contributed by atoms with Crippen molar-refractivity contribution in [2.75, 3.05) is 13.2 Å². The molecule has 2 atom stereocenters. The molecule has 83 heavy (non-hydrogen) atoms. The third-order valence-electron chi connectivity index (χ3n) is 17.7. The zero-order valence-corrected chi connectivity index (χ0v) is 56.2. The van der Waals surface area contributed by atoms with E-state index in [0.717, 1.165) is 44.9 Å². The Kier molecular flexibility index (Phi) is 70.9. The highest BCUT2D eigenvalue weighted by atomic mass is 16.5. The number of nitrogens with one attached hydrogen (secondary N) is 1. The van der Waals surface area contributed by atoms with Crippen molar-refractivity contribution in [3.05, 3.63) is 36.5 Å². The van der Waals surface area contributed by atoms with E-state index >= 15 is 0 Å². The SMILES string of the molecule is CCCCCCCCCCCCCC/C=C/C(O)C(CO)NC(=O)CCCCCCCCCCCCCCCCCCC/C=C\C/C=C\CCCCCCCCCCCCCCCCCOC(=O)CCCCCCCCCCCCCCC. The first-order chi connectivity index (χ1) is 41.0. The van der Waals surface area contributed by atoms with E-state index < -0.39 is 12.1 Å². The predicted octanol–water partition coefficient (Wildman–Crippen LogP) is 24.7. The van der Waals surface area contributed by atoms with Crippen molar-refractivity contribution in [3.63, 3.8) is 0 Å². The molecule has 0 spiro atoms. The summed E-state index contributed by atoms with van der Waals surface area (Å²) < 4.78 is 5.49. The van der Waals surface area contributed by atoms with Crippen molar-refractivity contribution < 1.29 is 24.5 Å². The summed E-state index contributed by atoms with van der Waals surface area (Å²) in [4.78, 5) is 24.5. The topological polar surface area (TPSA) is 95.9 Å². The summed E-state index contributed by atoms with van der Waals surface area (Å²) in [6, 6.07) is -0.625. The third-order valence-corrected chi connectivity index (χ3v) is 17.7. The van der Waals surface area contributed by atoms with Gasteiger partial charge in [-0.25, -0.2) is 0 Å². The molecule has 0 saturated heterocycles. The molecule has 0 saturated carbocycles. The fourth-order valence-corrected chi connectivity index (χ4v) is 11.9. The second-order valence-corrected chi connectivity index (χ2v) is 26.0. The summed E-state index contributed by atoms with van der Waals surface area (Å²) >= 11 is 0. The fraction of sp³-hybridized carbons (Fsp3) is 0.896. The maximum absolute atomic E-state index is 12.5. The normalized spacial score (nSPS) is 12.7. The number of allylic oxidation sites excluding steroid dienone is 5. The lowest BCUT2D eigenvalue weighted by Crippen LogP contribution is -2.45. The highest BCUT2D eigenvalue weighted by Gasteiger charge is 2.18. The lowest BCUT2D eigenvalue weighted by atomic mass is 10.0. The molecule has 0 fully saturated rings. The van der Waals surface area contributed by atoms with E-state index in [1.165, 1.54) is 347 Å². The maximum Gasteiger partial charge on any atom is 0.305 e. The van der Waals surface area contributed by atoms with Gasteiger partial charge in [0.2, 0.25) is 5.91 Å². The molecule has 2 unspecified atom stereocenters. The Morgan fingerprint density at radius 2 is 0.602 bits per heavy atom. The zero-order chi connectivity index (χ0) is 59.9. The van der Waals surface area contributed by atoms with Crippen LogP contribution in [0.3, 0.4) is 0 Å². The van der Waals surface area contributed by atoms with Gasteiger partial charge < -0.3 is 20.3 Å². The van der Waals surface area contributed by atoms with E-state index in [0.29, 0.717) is 19.4 Å². The second-order valence-electron chi connectivity index (χ2n) is 26.0. The number of esters is 1. The van der Waals surface area contributed by atoms with Crippen LogP contribution in [0.2, 0.25) is 0 Å². The van der Waals surface area contributed by atoms with Crippen molar-refractivity contribution in [1.29, 1.82) is 0 Å². The third kappa shape index (κ3) is 69.1. The molecule has 0 radical (unpaired) electrons. The molecule has 1 amide bonds. The van der Waals surface area contributed by atoms with Crippen LogP contribution in [-0.2, 0) is 14.3 Å². The summed E-state index contributed by atoms with van der Waals surface area (Å²) in [7, 11) is 0. The van der Waals surface area contributed by atoms with E-state index in [1.807, 2.05) is 6.08 Å². The summed E-state index contributed by atoms with van der Waals surface area (Å²) in [6.07, 6.45) is 94.0. The minimum Gasteiger partial charge on any atom is -0.466 e. The standard InChI is InChI=1S/C77H147NO5/c1-3-5-7-9-11-13-15-17-46-49-53-57-61-65-69-75(80)74(73-79)78-76(81)70-66-62-58-54-50-47-43-41-39-37-35-33-31-29-27-25-23-21-19-18-20-22-24-26-28-30-32-34-36-38-40-42-44-48-52-56-60-64-68-72-83-77(82)71-67-63-59-55-51-45-16-14-12-10-8-6-4-2/h18-19,22,24,65,69,74-75,79-80H,3-17,20-21,23,25-64,66-68,70-73H2,1-2H3,(H,78,81)/b19-18-,24-22-,69-65+. The average molecular weight is 1170 g/mol. The number of aliphatic hydroxyl groups excluding tert-OH is 2. The number of hydrogen-bond acceptors (Lipinski definition) is 5. The van der Waals surface area contributed by atoms with Crippen LogP contribution in [0.4, 0.5) is 0 Å². The van der Waals surface area contributed by atoms with Crippen molar-refractivity contribution in [2.45, 2.75) is 431 Å². The number of amides is 1. The molecule has 0 aliphatic rings. The Hall–Kier alpha value is -1.92. The number of carbonyl (C=O) groups is 2. The molecule has 6 nitrogen and oxygen atoms in total. The first-order valence-electron chi connectivity index (χ1n) is 37.8. The van der Waals surface area contributed by atoms with Gasteiger partial charge >= 0.3 is 5.97 Å². The minimum absolute atomic E-state index is 0.0221. The highest BCUT2D eigenvalue weighted by Crippen LogP contribution is 2.19. The molecule has 0 aromatic heterocycles. The van der Waals surface area contributed by atoms with Gasteiger partial charge in [0.05, 0.1) is 25.4 Å². The number of unbranched alkanes of at least 4 members (excludes halogenated alkanes) is 56. The van der Waals surface area contributed by atoms with Crippen molar-refractivity contribution in [3.8, 4) is 0 Å². The Morgan fingerprint density at radius 3 is 0.916 bits per heavy atom. The molecule has 0 aromatic carbocycles. The first kappa shape index (κ1) is 81.1. The van der Waals surface area contributed by atoms with E-state index in [-0.39, 0.29) is 18.5 Å². The number of hydrogen-bond donors (Lipinski definition) is 3. The predicted molar refractivity (Wildman–Crippen MR) is 366 cm³/mol. The van der Waals surface area contributed by atoms with Gasteiger partial charge in [0, 0.05) is 12.8 Å². The Labute approximate surface area is 519 Å². The summed E-state index contributed by atoms with van der Waals surface area (Å²) in [5, 5.41) is 23.2. The Morgan fingerprint density at radius 1 is 0.337 bits per heavy atom. The Balaban J connectivity index is 3.35. The van der Waals surface area contributed by atoms with E-state index in [4.69, 9.17) is 4.74 Å². The molecule has 0 heterocycles. The van der Waals surface area contributed by atoms with Crippen molar-refractivity contribution >= 4 is 11.9 Å². The zero-order valence-electron chi connectivity index (χ0n) is 56.2. The summed E-state index contributed by atoms with van der Waals surface area (Å²) in [5.41, 5.74) is 0. The van der Waals surface area contributed by atoms with Gasteiger partial charge in [-0.05, 0) is 64.2 Å². The van der Waals surface area contributed by atoms with Crippen LogP contribution < -0.4 is 5.32 Å². The monoisotopic (exact) mass is 1170 g/mol. The molecule has 0 aliphatic heterocycles. The van der Waals surface area contributed by atoms with Gasteiger partial charge in [-0.1, -0.05) is 378 Å². The lowest BCUT2D eigenvalue weighted by molar-refractivity contribution is -0.143. The van der Waals surface area contributed by atoms with Crippen LogP contribution >= 0.6 is 0 Å². The van der Waals surface area contributed by atoms with Crippen LogP contribution in [0.5, 0.6) is 0 Å². The van der Waals surface area contributed by atoms with E-state index in [1.54, 1.807) is 6.08 Å². The van der Waals surface area contributed by atoms with Crippen molar-refractivity contribution in [1.82, 2.24) is 5.32 Å². The average Bonchev–Trinajstić information content (AvgIpc) is 3.49. The van der Waals surface area contributed by atoms with Gasteiger partial charge in [0.25, 0.3) is 0 Å². The first-order valence-corrected chi connectivity index (χ1v) is 37.8. The summed E-state index contributed by atoms with van der Waals surface area (Å²) in [5.74, 6) is -0.0407.